The lowest BCUT2D eigenvalue weighted by Gasteiger charge is -1.62. The van der Waals surface area contributed by atoms with Gasteiger partial charge in [0.05, 0.1) is 5.38 Å². The van der Waals surface area contributed by atoms with E-state index in [9.17, 15) is 0 Å². The molecule has 0 saturated heterocycles. The highest BCUT2D eigenvalue weighted by molar-refractivity contribution is 7.20. The average Bonchev–Trinajstić information content (AvgIpc) is 2.15. The van der Waals surface area contributed by atoms with E-state index in [1.54, 1.807) is 22.7 Å². The van der Waals surface area contributed by atoms with Gasteiger partial charge < -0.3 is 0 Å². The summed E-state index contributed by atoms with van der Waals surface area (Å²) in [6.07, 6.45) is 0. The van der Waals surface area contributed by atoms with Crippen molar-refractivity contribution in [1.82, 2.24) is 0 Å². The summed E-state index contributed by atoms with van der Waals surface area (Å²) in [5.74, 6) is 0. The molecule has 2 aromatic rings. The first kappa shape index (κ1) is 4.53. The van der Waals surface area contributed by atoms with Crippen LogP contribution in [0.5, 0.6) is 0 Å². The summed E-state index contributed by atoms with van der Waals surface area (Å²) in [5.41, 5.74) is 0. The van der Waals surface area contributed by atoms with E-state index in [2.05, 4.69) is 22.2 Å². The van der Waals surface area contributed by atoms with E-state index in [-0.39, 0.29) is 0 Å². The zero-order chi connectivity index (χ0) is 5.40. The summed E-state index contributed by atoms with van der Waals surface area (Å²) < 4.78 is 1.30. The molecule has 0 aliphatic carbocycles. The van der Waals surface area contributed by atoms with Crippen LogP contribution in [-0.4, -0.2) is 0 Å². The number of hydrogen-bond donors (Lipinski definition) is 0. The lowest BCUT2D eigenvalue weighted by molar-refractivity contribution is 2.11. The zero-order valence-corrected chi connectivity index (χ0v) is 5.60. The van der Waals surface area contributed by atoms with Gasteiger partial charge in [-0.2, -0.15) is 11.3 Å². The van der Waals surface area contributed by atoms with E-state index in [4.69, 9.17) is 0 Å². The summed E-state index contributed by atoms with van der Waals surface area (Å²) in [6.45, 7) is 0. The zero-order valence-electron chi connectivity index (χ0n) is 3.97. The van der Waals surface area contributed by atoms with Crippen molar-refractivity contribution in [2.24, 2.45) is 0 Å². The molecule has 0 saturated carbocycles. The molecule has 0 fully saturated rings. The SMILES string of the molecule is [c]1[c]c2cscc2s1. The van der Waals surface area contributed by atoms with Crippen molar-refractivity contribution >= 4 is 32.8 Å². The van der Waals surface area contributed by atoms with E-state index in [1.807, 2.05) is 0 Å². The van der Waals surface area contributed by atoms with E-state index < -0.39 is 0 Å². The van der Waals surface area contributed by atoms with Gasteiger partial charge in [0.15, 0.2) is 0 Å². The molecule has 0 amide bonds. The molecule has 0 aromatic carbocycles. The maximum atomic E-state index is 3.00. The second-order valence-corrected chi connectivity index (χ2v) is 3.07. The van der Waals surface area contributed by atoms with Crippen LogP contribution in [0.4, 0.5) is 0 Å². The standard InChI is InChI=1S/C6H2S2/c1-2-8-6-4-7-3-5(1)6/h3-4H. The van der Waals surface area contributed by atoms with Gasteiger partial charge in [0.1, 0.15) is 0 Å². The van der Waals surface area contributed by atoms with Crippen molar-refractivity contribution in [2.75, 3.05) is 0 Å². The Hall–Kier alpha value is -0.340. The molecule has 0 nitrogen and oxygen atoms in total. The fourth-order valence-electron chi connectivity index (χ4n) is 0.591. The Morgan fingerprint density at radius 3 is 3.25 bits per heavy atom. The minimum atomic E-state index is 1.21. The number of fused-ring (bicyclic) bond motifs is 1. The lowest BCUT2D eigenvalue weighted by atomic mass is 10.4. The molecule has 2 heterocycles. The van der Waals surface area contributed by atoms with Crippen LogP contribution < -0.4 is 0 Å². The third-order valence-electron chi connectivity index (χ3n) is 0.973. The van der Waals surface area contributed by atoms with E-state index in [1.165, 1.54) is 10.1 Å². The van der Waals surface area contributed by atoms with Gasteiger partial charge in [-0.05, 0) is 0 Å². The molecule has 2 radical (unpaired) electrons. The summed E-state index contributed by atoms with van der Waals surface area (Å²) >= 11 is 3.34. The molecule has 0 aliphatic rings. The highest BCUT2D eigenvalue weighted by atomic mass is 32.1. The quantitative estimate of drug-likeness (QED) is 0.525. The van der Waals surface area contributed by atoms with Crippen molar-refractivity contribution in [3.05, 3.63) is 22.2 Å². The van der Waals surface area contributed by atoms with Crippen molar-refractivity contribution < 1.29 is 0 Å². The van der Waals surface area contributed by atoms with Gasteiger partial charge in [-0.3, -0.25) is 0 Å². The monoisotopic (exact) mass is 138 g/mol. The lowest BCUT2D eigenvalue weighted by Crippen LogP contribution is -1.38. The first-order valence-corrected chi connectivity index (χ1v) is 3.97. The summed E-state index contributed by atoms with van der Waals surface area (Å²) in [6, 6.07) is 3.00. The van der Waals surface area contributed by atoms with Gasteiger partial charge in [-0.15, -0.1) is 11.3 Å². The maximum absolute atomic E-state index is 3.00. The Bertz CT molecular complexity index is 228. The second kappa shape index (κ2) is 1.57. The van der Waals surface area contributed by atoms with Crippen molar-refractivity contribution in [3.63, 3.8) is 0 Å². The van der Waals surface area contributed by atoms with E-state index >= 15 is 0 Å². The smallest absolute Gasteiger partial charge is 0.0541 e. The minimum Gasteiger partial charge on any atom is -0.150 e. The van der Waals surface area contributed by atoms with Crippen LogP contribution in [0.1, 0.15) is 0 Å². The molecule has 0 unspecified atom stereocenters. The van der Waals surface area contributed by atoms with Gasteiger partial charge in [0.2, 0.25) is 0 Å². The van der Waals surface area contributed by atoms with Gasteiger partial charge in [0, 0.05) is 26.9 Å². The largest absolute Gasteiger partial charge is 0.150 e. The molecule has 0 atom stereocenters. The van der Waals surface area contributed by atoms with Crippen molar-refractivity contribution in [3.8, 4) is 0 Å². The maximum Gasteiger partial charge on any atom is 0.0541 e. The fourth-order valence-corrected chi connectivity index (χ4v) is 2.16. The van der Waals surface area contributed by atoms with Gasteiger partial charge in [-0.1, -0.05) is 0 Å². The van der Waals surface area contributed by atoms with Crippen LogP contribution in [0.25, 0.3) is 10.1 Å². The van der Waals surface area contributed by atoms with Crippen LogP contribution in [0.15, 0.2) is 10.8 Å². The van der Waals surface area contributed by atoms with Crippen LogP contribution in [0.2, 0.25) is 0 Å². The normalized spacial score (nSPS) is 10.5. The van der Waals surface area contributed by atoms with Crippen LogP contribution in [0, 0.1) is 11.4 Å². The molecule has 8 heavy (non-hydrogen) atoms. The first-order chi connectivity index (χ1) is 3.97. The van der Waals surface area contributed by atoms with E-state index in [0.717, 1.165) is 0 Å². The van der Waals surface area contributed by atoms with Crippen LogP contribution in [0.3, 0.4) is 0 Å². The summed E-state index contributed by atoms with van der Waals surface area (Å²) in [4.78, 5) is 0. The highest BCUT2D eigenvalue weighted by Gasteiger charge is 1.91. The molecule has 38 valence electrons. The average molecular weight is 138 g/mol. The number of rotatable bonds is 0. The Morgan fingerprint density at radius 2 is 2.38 bits per heavy atom. The molecule has 2 rings (SSSR count). The Balaban J connectivity index is 3.06. The first-order valence-electron chi connectivity index (χ1n) is 2.21. The third kappa shape index (κ3) is 0.501. The van der Waals surface area contributed by atoms with Crippen LogP contribution >= 0.6 is 22.7 Å². The summed E-state index contributed by atoms with van der Waals surface area (Å²) in [7, 11) is 0. The number of thiophene rings is 2. The Morgan fingerprint density at radius 1 is 1.38 bits per heavy atom. The molecular formula is C6H2S2. The molecule has 0 aliphatic heterocycles. The predicted molar refractivity (Wildman–Crippen MR) is 37.4 cm³/mol. The summed E-state index contributed by atoms with van der Waals surface area (Å²) in [5, 5.41) is 8.35. The second-order valence-electron chi connectivity index (χ2n) is 1.48. The van der Waals surface area contributed by atoms with Crippen molar-refractivity contribution in [2.45, 2.75) is 0 Å². The molecule has 0 spiro atoms. The van der Waals surface area contributed by atoms with Gasteiger partial charge in [-0.25, -0.2) is 0 Å². The van der Waals surface area contributed by atoms with Crippen LogP contribution in [-0.2, 0) is 0 Å². The Kier molecular flexibility index (Phi) is 0.889. The number of hydrogen-bond acceptors (Lipinski definition) is 2. The van der Waals surface area contributed by atoms with E-state index in [0.29, 0.717) is 0 Å². The highest BCUT2D eigenvalue weighted by Crippen LogP contribution is 2.22. The third-order valence-corrected chi connectivity index (χ3v) is 2.63. The molecule has 0 N–H and O–H groups in total. The predicted octanol–water partition coefficient (Wildman–Crippen LogP) is 2.56. The molecule has 2 aromatic heterocycles. The molecular weight excluding hydrogens is 136 g/mol. The molecule has 2 heteroatoms. The Labute approximate surface area is 55.4 Å². The van der Waals surface area contributed by atoms with Crippen molar-refractivity contribution in [1.29, 1.82) is 0 Å². The fraction of sp³-hybridized carbons (Fsp3) is 0. The topological polar surface area (TPSA) is 0 Å². The minimum absolute atomic E-state index is 1.21. The molecule has 0 bridgehead atoms. The van der Waals surface area contributed by atoms with Gasteiger partial charge in [0.25, 0.3) is 0 Å². The van der Waals surface area contributed by atoms with Gasteiger partial charge >= 0.3 is 0 Å².